The van der Waals surface area contributed by atoms with E-state index in [1.54, 1.807) is 0 Å². The van der Waals surface area contributed by atoms with E-state index in [1.807, 2.05) is 6.08 Å². The molecular formula is C13H22N+. The Morgan fingerprint density at radius 3 is 2.64 bits per heavy atom. The Kier molecular flexibility index (Phi) is 4.19. The van der Waals surface area contributed by atoms with Gasteiger partial charge in [0.25, 0.3) is 0 Å². The summed E-state index contributed by atoms with van der Waals surface area (Å²) in [6.45, 7) is 4.63. The molecule has 1 nitrogen and oxygen atoms in total. The standard InChI is InChI=1S/C13H22N/c1-4-5-8-11-14(2,3)12-13-9-6-7-10-13/h6-7,9H,4-5,8,11-12H2,1-3H3/q+1. The molecule has 0 saturated heterocycles. The molecule has 0 radical (unpaired) electrons. The summed E-state index contributed by atoms with van der Waals surface area (Å²) in [5, 5.41) is 0. The fourth-order valence-corrected chi connectivity index (χ4v) is 1.80. The van der Waals surface area contributed by atoms with Gasteiger partial charge in [0.05, 0.1) is 20.6 Å². The lowest BCUT2D eigenvalue weighted by molar-refractivity contribution is -0.885. The summed E-state index contributed by atoms with van der Waals surface area (Å²) >= 11 is 0. The molecule has 0 aromatic carbocycles. The van der Waals surface area contributed by atoms with Gasteiger partial charge in [0.2, 0.25) is 0 Å². The fraction of sp³-hybridized carbons (Fsp3) is 0.615. The van der Waals surface area contributed by atoms with Crippen LogP contribution in [0.1, 0.15) is 26.2 Å². The van der Waals surface area contributed by atoms with Crippen LogP contribution in [0.25, 0.3) is 0 Å². The topological polar surface area (TPSA) is 0 Å². The zero-order valence-electron chi connectivity index (χ0n) is 9.71. The molecule has 0 atom stereocenters. The molecular weight excluding hydrogens is 170 g/mol. The maximum atomic E-state index is 3.27. The summed E-state index contributed by atoms with van der Waals surface area (Å²) in [6, 6.07) is 0. The molecule has 1 heteroatoms. The molecule has 1 aliphatic carbocycles. The van der Waals surface area contributed by atoms with Crippen molar-refractivity contribution in [1.82, 2.24) is 0 Å². The molecule has 78 valence electrons. The highest BCUT2D eigenvalue weighted by Gasteiger charge is 2.15. The van der Waals surface area contributed by atoms with Crippen molar-refractivity contribution >= 4 is 0 Å². The van der Waals surface area contributed by atoms with Gasteiger partial charge in [-0.05, 0) is 25.0 Å². The van der Waals surface area contributed by atoms with E-state index in [0.29, 0.717) is 0 Å². The molecule has 0 aromatic heterocycles. The summed E-state index contributed by atoms with van der Waals surface area (Å²) in [5.41, 5.74) is 4.61. The number of hydrogen-bond donors (Lipinski definition) is 0. The number of rotatable bonds is 6. The molecule has 0 spiro atoms. The van der Waals surface area contributed by atoms with Crippen molar-refractivity contribution in [3.8, 4) is 0 Å². The molecule has 0 bridgehead atoms. The second kappa shape index (κ2) is 5.19. The van der Waals surface area contributed by atoms with Gasteiger partial charge in [-0.3, -0.25) is 0 Å². The summed E-state index contributed by atoms with van der Waals surface area (Å²) in [6.07, 6.45) is 10.2. The average Bonchev–Trinajstić information content (AvgIpc) is 2.56. The third-order valence-electron chi connectivity index (χ3n) is 2.63. The van der Waals surface area contributed by atoms with Gasteiger partial charge in [-0.25, -0.2) is 0 Å². The zero-order chi connectivity index (χ0) is 10.4. The molecule has 0 amide bonds. The van der Waals surface area contributed by atoms with Crippen LogP contribution in [0.2, 0.25) is 0 Å². The highest BCUT2D eigenvalue weighted by Crippen LogP contribution is 2.10. The molecule has 0 heterocycles. The second-order valence-corrected chi connectivity index (χ2v) is 4.72. The predicted molar refractivity (Wildman–Crippen MR) is 62.1 cm³/mol. The first-order valence-electron chi connectivity index (χ1n) is 5.58. The maximum absolute atomic E-state index is 3.27. The summed E-state index contributed by atoms with van der Waals surface area (Å²) < 4.78 is 1.08. The van der Waals surface area contributed by atoms with E-state index in [1.165, 1.54) is 31.4 Å². The summed E-state index contributed by atoms with van der Waals surface area (Å²) in [7, 11) is 4.60. The van der Waals surface area contributed by atoms with Crippen molar-refractivity contribution in [2.24, 2.45) is 0 Å². The van der Waals surface area contributed by atoms with E-state index in [-0.39, 0.29) is 0 Å². The largest absolute Gasteiger partial charge is 0.324 e. The number of likely N-dealkylation sites (N-methyl/N-ethyl adjacent to an activating group) is 1. The Hall–Kier alpha value is -0.780. The highest BCUT2D eigenvalue weighted by atomic mass is 15.3. The van der Waals surface area contributed by atoms with Crippen LogP contribution in [0.3, 0.4) is 0 Å². The molecule has 0 fully saturated rings. The van der Waals surface area contributed by atoms with Crippen molar-refractivity contribution in [3.63, 3.8) is 0 Å². The quantitative estimate of drug-likeness (QED) is 0.345. The van der Waals surface area contributed by atoms with Crippen molar-refractivity contribution in [3.05, 3.63) is 29.5 Å². The third kappa shape index (κ3) is 3.95. The highest BCUT2D eigenvalue weighted by molar-refractivity contribution is 5.29. The number of nitrogens with zero attached hydrogens (tertiary/aromatic N) is 1. The Balaban J connectivity index is 2.33. The van der Waals surface area contributed by atoms with E-state index in [4.69, 9.17) is 0 Å². The fourth-order valence-electron chi connectivity index (χ4n) is 1.80. The molecule has 0 saturated carbocycles. The van der Waals surface area contributed by atoms with Crippen molar-refractivity contribution in [2.45, 2.75) is 26.2 Å². The lowest BCUT2D eigenvalue weighted by Crippen LogP contribution is -2.41. The van der Waals surface area contributed by atoms with E-state index in [2.05, 4.69) is 38.9 Å². The Bertz CT molecular complexity index is 265. The molecule has 1 aliphatic rings. The predicted octanol–water partition coefficient (Wildman–Crippen LogP) is 2.90. The summed E-state index contributed by atoms with van der Waals surface area (Å²) in [5.74, 6) is 0. The second-order valence-electron chi connectivity index (χ2n) is 4.72. The lowest BCUT2D eigenvalue weighted by Gasteiger charge is -2.29. The van der Waals surface area contributed by atoms with E-state index < -0.39 is 0 Å². The van der Waals surface area contributed by atoms with Gasteiger partial charge < -0.3 is 4.48 Å². The normalized spacial score (nSPS) is 14.9. The smallest absolute Gasteiger partial charge is 0.111 e. The van der Waals surface area contributed by atoms with Gasteiger partial charge in [0.1, 0.15) is 6.54 Å². The van der Waals surface area contributed by atoms with Crippen LogP contribution in [0.4, 0.5) is 0 Å². The SMILES string of the molecule is CCCCC[N+](C)(C)CC1=C=CC=C1. The van der Waals surface area contributed by atoms with Crippen molar-refractivity contribution < 1.29 is 4.48 Å². The van der Waals surface area contributed by atoms with Gasteiger partial charge in [-0.15, -0.1) is 5.73 Å². The maximum Gasteiger partial charge on any atom is 0.111 e. The first-order chi connectivity index (χ1) is 6.64. The molecule has 0 aliphatic heterocycles. The van der Waals surface area contributed by atoms with Crippen molar-refractivity contribution in [1.29, 1.82) is 0 Å². The van der Waals surface area contributed by atoms with Crippen LogP contribution in [-0.2, 0) is 0 Å². The molecule has 0 unspecified atom stereocenters. The minimum absolute atomic E-state index is 1.08. The van der Waals surface area contributed by atoms with Crippen LogP contribution in [0.15, 0.2) is 29.5 Å². The molecule has 1 rings (SSSR count). The molecule has 0 aromatic rings. The molecule has 0 N–H and O–H groups in total. The monoisotopic (exact) mass is 192 g/mol. The van der Waals surface area contributed by atoms with E-state index in [0.717, 1.165) is 11.0 Å². The number of allylic oxidation sites excluding steroid dienone is 1. The number of unbranched alkanes of at least 4 members (excludes halogenated alkanes) is 2. The average molecular weight is 192 g/mol. The Morgan fingerprint density at radius 2 is 2.07 bits per heavy atom. The van der Waals surface area contributed by atoms with Gasteiger partial charge in [-0.2, -0.15) is 0 Å². The Morgan fingerprint density at radius 1 is 1.29 bits per heavy atom. The van der Waals surface area contributed by atoms with Crippen LogP contribution in [0.5, 0.6) is 0 Å². The minimum Gasteiger partial charge on any atom is -0.324 e. The van der Waals surface area contributed by atoms with E-state index in [9.17, 15) is 0 Å². The van der Waals surface area contributed by atoms with Crippen LogP contribution < -0.4 is 0 Å². The van der Waals surface area contributed by atoms with Gasteiger partial charge in [0, 0.05) is 5.57 Å². The van der Waals surface area contributed by atoms with Gasteiger partial charge in [0.15, 0.2) is 0 Å². The van der Waals surface area contributed by atoms with Crippen LogP contribution in [-0.4, -0.2) is 31.7 Å². The number of quaternary nitrogens is 1. The first kappa shape index (κ1) is 11.3. The van der Waals surface area contributed by atoms with Crippen LogP contribution >= 0.6 is 0 Å². The number of hydrogen-bond acceptors (Lipinski definition) is 0. The van der Waals surface area contributed by atoms with Gasteiger partial charge >= 0.3 is 0 Å². The van der Waals surface area contributed by atoms with Gasteiger partial charge in [-0.1, -0.05) is 19.4 Å². The zero-order valence-corrected chi connectivity index (χ0v) is 9.71. The third-order valence-corrected chi connectivity index (χ3v) is 2.63. The lowest BCUT2D eigenvalue weighted by atomic mass is 10.2. The first-order valence-corrected chi connectivity index (χ1v) is 5.58. The Labute approximate surface area is 88.0 Å². The minimum atomic E-state index is 1.08. The van der Waals surface area contributed by atoms with Crippen molar-refractivity contribution in [2.75, 3.05) is 27.2 Å². The van der Waals surface area contributed by atoms with Crippen LogP contribution in [0, 0.1) is 0 Å². The molecule has 14 heavy (non-hydrogen) atoms. The summed E-state index contributed by atoms with van der Waals surface area (Å²) in [4.78, 5) is 0. The van der Waals surface area contributed by atoms with E-state index >= 15 is 0 Å².